The number of hydrogen-bond acceptors (Lipinski definition) is 4. The van der Waals surface area contributed by atoms with E-state index in [1.165, 1.54) is 0 Å². The molecule has 3 aromatic rings. The third-order valence-corrected chi connectivity index (χ3v) is 5.98. The quantitative estimate of drug-likeness (QED) is 0.572. The Kier molecular flexibility index (Phi) is 6.10. The number of carbonyl (C=O) groups excluding carboxylic acids is 1. The second kappa shape index (κ2) is 8.75. The number of rotatable bonds is 7. The zero-order chi connectivity index (χ0) is 20.4. The highest BCUT2D eigenvalue weighted by Gasteiger charge is 2.28. The van der Waals surface area contributed by atoms with Crippen LogP contribution in [0, 0.1) is 0 Å². The van der Waals surface area contributed by atoms with Crippen molar-refractivity contribution in [3.05, 3.63) is 40.3 Å². The number of ether oxygens (including phenoxy) is 2. The molecule has 0 radical (unpaired) electrons. The lowest BCUT2D eigenvalue weighted by Crippen LogP contribution is -2.38. The number of methoxy groups -OCH3 is 1. The van der Waals surface area contributed by atoms with Crippen LogP contribution in [-0.2, 0) is 27.4 Å². The second-order valence-electron chi connectivity index (χ2n) is 6.89. The molecule has 4 rings (SSSR count). The third kappa shape index (κ3) is 3.88. The molecule has 0 saturated carbocycles. The van der Waals surface area contributed by atoms with Crippen molar-refractivity contribution in [2.75, 3.05) is 33.5 Å². The maximum atomic E-state index is 12.7. The molecule has 0 aliphatic carbocycles. The first-order valence-electron chi connectivity index (χ1n) is 9.44. The summed E-state index contributed by atoms with van der Waals surface area (Å²) in [6, 6.07) is 3.79. The fourth-order valence-corrected chi connectivity index (χ4v) is 4.23. The molecular formula is C20H22Cl2N4O3. The van der Waals surface area contributed by atoms with Crippen molar-refractivity contribution in [1.82, 2.24) is 19.7 Å². The van der Waals surface area contributed by atoms with E-state index in [2.05, 4.69) is 14.8 Å². The van der Waals surface area contributed by atoms with Gasteiger partial charge in [0.2, 0.25) is 5.91 Å². The lowest BCUT2D eigenvalue weighted by atomic mass is 10.0. The van der Waals surface area contributed by atoms with Crippen LogP contribution in [0.25, 0.3) is 22.0 Å². The number of H-pyrrole nitrogens is 1. The third-order valence-electron chi connectivity index (χ3n) is 5.19. The summed E-state index contributed by atoms with van der Waals surface area (Å²) in [6.45, 7) is 3.16. The Labute approximate surface area is 178 Å². The van der Waals surface area contributed by atoms with Gasteiger partial charge in [0.05, 0.1) is 54.5 Å². The molecular weight excluding hydrogens is 415 g/mol. The minimum absolute atomic E-state index is 0.0706. The minimum atomic E-state index is 0.0706. The molecule has 1 aromatic carbocycles. The van der Waals surface area contributed by atoms with Gasteiger partial charge in [-0.25, -0.2) is 0 Å². The van der Waals surface area contributed by atoms with Gasteiger partial charge in [-0.3, -0.25) is 9.89 Å². The summed E-state index contributed by atoms with van der Waals surface area (Å²) in [5.74, 6) is 0.0706. The summed E-state index contributed by atoms with van der Waals surface area (Å²) >= 11 is 12.8. The SMILES string of the molecule is COCCOCCC(=O)N1CCn2c(c(-c3cn[nH]c3)c3ccc(Cl)c(Cl)c32)C1. The van der Waals surface area contributed by atoms with Gasteiger partial charge in [0.25, 0.3) is 0 Å². The van der Waals surface area contributed by atoms with Crippen molar-refractivity contribution in [2.45, 2.75) is 19.5 Å². The van der Waals surface area contributed by atoms with Gasteiger partial charge in [0.1, 0.15) is 0 Å². The normalized spacial score (nSPS) is 13.8. The van der Waals surface area contributed by atoms with E-state index in [1.807, 2.05) is 23.2 Å². The number of aromatic nitrogens is 3. The fraction of sp³-hybridized carbons (Fsp3) is 0.400. The number of benzene rings is 1. The molecule has 0 saturated heterocycles. The molecule has 1 N–H and O–H groups in total. The number of hydrogen-bond donors (Lipinski definition) is 1. The Balaban J connectivity index is 1.64. The maximum Gasteiger partial charge on any atom is 0.225 e. The molecule has 0 unspecified atom stereocenters. The van der Waals surface area contributed by atoms with E-state index >= 15 is 0 Å². The van der Waals surface area contributed by atoms with Crippen molar-refractivity contribution in [3.63, 3.8) is 0 Å². The molecule has 2 aromatic heterocycles. The number of nitrogens with one attached hydrogen (secondary N) is 1. The Bertz CT molecular complexity index is 1020. The molecule has 0 fully saturated rings. The fourth-order valence-electron chi connectivity index (χ4n) is 3.81. The summed E-state index contributed by atoms with van der Waals surface area (Å²) in [5.41, 5.74) is 3.92. The second-order valence-corrected chi connectivity index (χ2v) is 7.67. The first-order chi connectivity index (χ1) is 14.1. The lowest BCUT2D eigenvalue weighted by molar-refractivity contribution is -0.133. The highest BCUT2D eigenvalue weighted by molar-refractivity contribution is 6.45. The highest BCUT2D eigenvalue weighted by Crippen LogP contribution is 2.42. The molecule has 1 aliphatic rings. The molecule has 1 amide bonds. The zero-order valence-electron chi connectivity index (χ0n) is 16.1. The molecule has 7 nitrogen and oxygen atoms in total. The van der Waals surface area contributed by atoms with Crippen molar-refractivity contribution < 1.29 is 14.3 Å². The first-order valence-corrected chi connectivity index (χ1v) is 10.2. The van der Waals surface area contributed by atoms with Crippen LogP contribution in [0.4, 0.5) is 0 Å². The average Bonchev–Trinajstić information content (AvgIpc) is 3.35. The predicted molar refractivity (Wildman–Crippen MR) is 112 cm³/mol. The van der Waals surface area contributed by atoms with Gasteiger partial charge in [-0.1, -0.05) is 29.3 Å². The Morgan fingerprint density at radius 3 is 2.86 bits per heavy atom. The topological polar surface area (TPSA) is 72.4 Å². The van der Waals surface area contributed by atoms with Crippen molar-refractivity contribution in [1.29, 1.82) is 0 Å². The van der Waals surface area contributed by atoms with Crippen LogP contribution >= 0.6 is 23.2 Å². The van der Waals surface area contributed by atoms with Gasteiger partial charge in [-0.2, -0.15) is 5.10 Å². The van der Waals surface area contributed by atoms with E-state index in [0.29, 0.717) is 55.9 Å². The maximum absolute atomic E-state index is 12.7. The molecule has 1 aliphatic heterocycles. The van der Waals surface area contributed by atoms with Crippen LogP contribution in [0.2, 0.25) is 10.0 Å². The number of nitrogens with zero attached hydrogens (tertiary/aromatic N) is 3. The van der Waals surface area contributed by atoms with E-state index in [4.69, 9.17) is 32.7 Å². The van der Waals surface area contributed by atoms with Gasteiger partial charge in [-0.05, 0) is 6.07 Å². The summed E-state index contributed by atoms with van der Waals surface area (Å²) in [4.78, 5) is 14.6. The van der Waals surface area contributed by atoms with E-state index in [-0.39, 0.29) is 5.91 Å². The van der Waals surface area contributed by atoms with Gasteiger partial charge < -0.3 is 18.9 Å². The number of carbonyl (C=O) groups is 1. The van der Waals surface area contributed by atoms with Gasteiger partial charge >= 0.3 is 0 Å². The van der Waals surface area contributed by atoms with Crippen LogP contribution in [0.15, 0.2) is 24.5 Å². The smallest absolute Gasteiger partial charge is 0.225 e. The standard InChI is InChI=1S/C20H22Cl2N4O3/c1-28-8-9-29-7-4-17(27)25-5-6-26-16(12-25)18(13-10-23-24-11-13)14-2-3-15(21)19(22)20(14)26/h2-3,10-11H,4-9,12H2,1H3,(H,23,24). The summed E-state index contributed by atoms with van der Waals surface area (Å²) in [7, 11) is 1.62. The first kappa shape index (κ1) is 20.2. The summed E-state index contributed by atoms with van der Waals surface area (Å²) < 4.78 is 12.6. The summed E-state index contributed by atoms with van der Waals surface area (Å²) in [6.07, 6.45) is 3.97. The number of halogens is 2. The van der Waals surface area contributed by atoms with E-state index in [0.717, 1.165) is 27.7 Å². The average molecular weight is 437 g/mol. The molecule has 154 valence electrons. The van der Waals surface area contributed by atoms with E-state index in [9.17, 15) is 4.79 Å². The van der Waals surface area contributed by atoms with Gasteiger partial charge in [-0.15, -0.1) is 0 Å². The van der Waals surface area contributed by atoms with E-state index in [1.54, 1.807) is 13.3 Å². The number of fused-ring (bicyclic) bond motifs is 3. The monoisotopic (exact) mass is 436 g/mol. The molecule has 0 bridgehead atoms. The van der Waals surface area contributed by atoms with Crippen molar-refractivity contribution >= 4 is 40.0 Å². The van der Waals surface area contributed by atoms with Gasteiger partial charge in [0, 0.05) is 48.6 Å². The van der Waals surface area contributed by atoms with Crippen LogP contribution in [0.3, 0.4) is 0 Å². The zero-order valence-corrected chi connectivity index (χ0v) is 17.6. The molecule has 0 spiro atoms. The largest absolute Gasteiger partial charge is 0.382 e. The Morgan fingerprint density at radius 2 is 2.10 bits per heavy atom. The molecule has 0 atom stereocenters. The Morgan fingerprint density at radius 1 is 1.24 bits per heavy atom. The number of amides is 1. The van der Waals surface area contributed by atoms with Crippen LogP contribution in [0.5, 0.6) is 0 Å². The molecule has 29 heavy (non-hydrogen) atoms. The molecule has 3 heterocycles. The van der Waals surface area contributed by atoms with Gasteiger partial charge in [0.15, 0.2) is 0 Å². The Hall–Kier alpha value is -2.06. The summed E-state index contributed by atoms with van der Waals surface area (Å²) in [5, 5.41) is 9.02. The molecule has 9 heteroatoms. The van der Waals surface area contributed by atoms with Crippen molar-refractivity contribution in [3.8, 4) is 11.1 Å². The minimum Gasteiger partial charge on any atom is -0.382 e. The number of aromatic amines is 1. The van der Waals surface area contributed by atoms with Crippen LogP contribution < -0.4 is 0 Å². The van der Waals surface area contributed by atoms with Crippen molar-refractivity contribution in [2.24, 2.45) is 0 Å². The van der Waals surface area contributed by atoms with Crippen LogP contribution in [-0.4, -0.2) is 59.0 Å². The predicted octanol–water partition coefficient (Wildman–Crippen LogP) is 3.73. The lowest BCUT2D eigenvalue weighted by Gasteiger charge is -2.30. The highest BCUT2D eigenvalue weighted by atomic mass is 35.5. The van der Waals surface area contributed by atoms with Crippen LogP contribution in [0.1, 0.15) is 12.1 Å². The van der Waals surface area contributed by atoms with E-state index < -0.39 is 0 Å².